The van der Waals surface area contributed by atoms with Crippen molar-refractivity contribution in [3.8, 4) is 11.5 Å². The average Bonchev–Trinajstić information content (AvgIpc) is 2.56. The van der Waals surface area contributed by atoms with Crippen LogP contribution in [0.3, 0.4) is 0 Å². The van der Waals surface area contributed by atoms with Crippen molar-refractivity contribution >= 4 is 11.7 Å². The van der Waals surface area contributed by atoms with E-state index in [0.717, 1.165) is 5.56 Å². The van der Waals surface area contributed by atoms with E-state index in [-0.39, 0.29) is 24.1 Å². The number of aromatic hydroxyl groups is 1. The minimum Gasteiger partial charge on any atom is -0.504 e. The van der Waals surface area contributed by atoms with Gasteiger partial charge in [-0.25, -0.2) is 9.18 Å². The number of ether oxygens (including phenoxy) is 1. The number of amides is 2. The normalized spacial score (nSPS) is 10.2. The molecule has 0 bridgehead atoms. The maximum absolute atomic E-state index is 12.9. The summed E-state index contributed by atoms with van der Waals surface area (Å²) in [5.41, 5.74) is 1.29. The fraction of sp³-hybridized carbons (Fsp3) is 0.176. The SMILES string of the molecule is [CH2]CN(Cc1ccc(O)c(OC)c1)C(=O)Nc1ccc(F)cc1. The lowest BCUT2D eigenvalue weighted by molar-refractivity contribution is 0.214. The number of phenols is 1. The van der Waals surface area contributed by atoms with Gasteiger partial charge in [0.25, 0.3) is 0 Å². The van der Waals surface area contributed by atoms with Gasteiger partial charge in [-0.2, -0.15) is 0 Å². The monoisotopic (exact) mass is 317 g/mol. The van der Waals surface area contributed by atoms with Gasteiger partial charge in [-0.3, -0.25) is 0 Å². The topological polar surface area (TPSA) is 61.8 Å². The number of carbonyl (C=O) groups is 1. The van der Waals surface area contributed by atoms with E-state index in [2.05, 4.69) is 12.2 Å². The summed E-state index contributed by atoms with van der Waals surface area (Å²) < 4.78 is 17.9. The Morgan fingerprint density at radius 2 is 2.00 bits per heavy atom. The molecule has 23 heavy (non-hydrogen) atoms. The first kappa shape index (κ1) is 16.6. The second-order valence-electron chi connectivity index (χ2n) is 4.86. The van der Waals surface area contributed by atoms with Crippen molar-refractivity contribution in [3.63, 3.8) is 0 Å². The van der Waals surface area contributed by atoms with Crippen LogP contribution in [0, 0.1) is 12.7 Å². The third-order valence-corrected chi connectivity index (χ3v) is 3.27. The van der Waals surface area contributed by atoms with Crippen molar-refractivity contribution < 1.29 is 19.0 Å². The highest BCUT2D eigenvalue weighted by Gasteiger charge is 2.13. The van der Waals surface area contributed by atoms with Crippen LogP contribution in [0.1, 0.15) is 5.56 Å². The van der Waals surface area contributed by atoms with Crippen molar-refractivity contribution in [2.45, 2.75) is 6.54 Å². The summed E-state index contributed by atoms with van der Waals surface area (Å²) in [5, 5.41) is 12.3. The Morgan fingerprint density at radius 3 is 2.61 bits per heavy atom. The Labute approximate surface area is 134 Å². The van der Waals surface area contributed by atoms with Crippen LogP contribution in [0.15, 0.2) is 42.5 Å². The van der Waals surface area contributed by atoms with Crippen molar-refractivity contribution in [2.75, 3.05) is 19.0 Å². The molecule has 121 valence electrons. The summed E-state index contributed by atoms with van der Waals surface area (Å²) in [4.78, 5) is 13.7. The molecule has 6 heteroatoms. The van der Waals surface area contributed by atoms with E-state index in [9.17, 15) is 14.3 Å². The number of rotatable bonds is 5. The lowest BCUT2D eigenvalue weighted by atomic mass is 10.2. The number of benzene rings is 2. The van der Waals surface area contributed by atoms with Crippen LogP contribution in [-0.4, -0.2) is 29.7 Å². The average molecular weight is 317 g/mol. The minimum atomic E-state index is -0.367. The molecule has 2 rings (SSSR count). The van der Waals surface area contributed by atoms with E-state index in [1.807, 2.05) is 0 Å². The van der Waals surface area contributed by atoms with Crippen LogP contribution in [0.4, 0.5) is 14.9 Å². The predicted octanol–water partition coefficient (Wildman–Crippen LogP) is 3.41. The van der Waals surface area contributed by atoms with Gasteiger partial charge in [0.1, 0.15) is 5.82 Å². The molecule has 0 unspecified atom stereocenters. The van der Waals surface area contributed by atoms with Gasteiger partial charge in [0, 0.05) is 18.8 Å². The van der Waals surface area contributed by atoms with Crippen LogP contribution >= 0.6 is 0 Å². The molecule has 0 atom stereocenters. The largest absolute Gasteiger partial charge is 0.504 e. The first-order chi connectivity index (χ1) is 11.0. The second-order valence-corrected chi connectivity index (χ2v) is 4.86. The van der Waals surface area contributed by atoms with E-state index in [0.29, 0.717) is 18.0 Å². The zero-order valence-corrected chi connectivity index (χ0v) is 12.8. The molecule has 0 saturated carbocycles. The van der Waals surface area contributed by atoms with E-state index in [4.69, 9.17) is 4.74 Å². The standard InChI is InChI=1S/C17H18FN2O3/c1-3-20(11-12-4-9-15(21)16(10-12)23-2)17(22)19-14-7-5-13(18)6-8-14/h4-10,21H,1,3,11H2,2H3,(H,19,22). The van der Waals surface area contributed by atoms with Gasteiger partial charge in [-0.15, -0.1) is 0 Å². The minimum absolute atomic E-state index is 0.0354. The molecule has 2 N–H and O–H groups in total. The first-order valence-electron chi connectivity index (χ1n) is 7.00. The number of anilines is 1. The number of halogens is 1. The maximum atomic E-state index is 12.9. The van der Waals surface area contributed by atoms with Crippen LogP contribution in [0.5, 0.6) is 11.5 Å². The molecule has 2 aromatic carbocycles. The number of nitrogens with zero attached hydrogens (tertiary/aromatic N) is 1. The molecule has 2 aromatic rings. The molecule has 0 aromatic heterocycles. The molecule has 2 amide bonds. The van der Waals surface area contributed by atoms with E-state index in [1.54, 1.807) is 12.1 Å². The summed E-state index contributed by atoms with van der Waals surface area (Å²) in [7, 11) is 1.46. The Balaban J connectivity index is 2.06. The predicted molar refractivity (Wildman–Crippen MR) is 85.8 cm³/mol. The van der Waals surface area contributed by atoms with E-state index < -0.39 is 0 Å². The van der Waals surface area contributed by atoms with Crippen molar-refractivity contribution in [2.24, 2.45) is 0 Å². The van der Waals surface area contributed by atoms with Gasteiger partial charge < -0.3 is 20.1 Å². The number of hydrogen-bond donors (Lipinski definition) is 2. The van der Waals surface area contributed by atoms with Crippen LogP contribution in [0.25, 0.3) is 0 Å². The van der Waals surface area contributed by atoms with Crippen LogP contribution in [-0.2, 0) is 6.54 Å². The Morgan fingerprint density at radius 1 is 1.30 bits per heavy atom. The molecular weight excluding hydrogens is 299 g/mol. The molecule has 5 nitrogen and oxygen atoms in total. The molecule has 0 aliphatic carbocycles. The molecule has 0 heterocycles. The van der Waals surface area contributed by atoms with Crippen LogP contribution < -0.4 is 10.1 Å². The summed E-state index contributed by atoms with van der Waals surface area (Å²) >= 11 is 0. The third kappa shape index (κ3) is 4.35. The van der Waals surface area contributed by atoms with Gasteiger partial charge in [-0.1, -0.05) is 6.07 Å². The lowest BCUT2D eigenvalue weighted by Crippen LogP contribution is -2.34. The zero-order valence-electron chi connectivity index (χ0n) is 12.8. The van der Waals surface area contributed by atoms with Gasteiger partial charge in [0.2, 0.25) is 0 Å². The molecule has 0 fully saturated rings. The van der Waals surface area contributed by atoms with Crippen LogP contribution in [0.2, 0.25) is 0 Å². The van der Waals surface area contributed by atoms with E-state index in [1.165, 1.54) is 42.3 Å². The molecule has 0 aliphatic heterocycles. The number of nitrogens with one attached hydrogen (secondary N) is 1. The molecule has 1 radical (unpaired) electrons. The lowest BCUT2D eigenvalue weighted by Gasteiger charge is -2.22. The third-order valence-electron chi connectivity index (χ3n) is 3.27. The molecule has 0 spiro atoms. The number of phenolic OH excluding ortho intramolecular Hbond substituents is 1. The highest BCUT2D eigenvalue weighted by molar-refractivity contribution is 5.89. The Hall–Kier alpha value is -2.76. The zero-order chi connectivity index (χ0) is 16.8. The highest BCUT2D eigenvalue weighted by atomic mass is 19.1. The Kier molecular flexibility index (Phi) is 5.41. The number of urea groups is 1. The fourth-order valence-electron chi connectivity index (χ4n) is 2.03. The van der Waals surface area contributed by atoms with Gasteiger partial charge in [0.15, 0.2) is 11.5 Å². The molecule has 0 aliphatic rings. The number of carbonyl (C=O) groups excluding carboxylic acids is 1. The summed E-state index contributed by atoms with van der Waals surface area (Å²) in [5.74, 6) is 0.00634. The molecule has 0 saturated heterocycles. The number of hydrogen-bond acceptors (Lipinski definition) is 3. The Bertz CT molecular complexity index is 674. The van der Waals surface area contributed by atoms with Gasteiger partial charge >= 0.3 is 6.03 Å². The summed E-state index contributed by atoms with van der Waals surface area (Å²) in [6, 6.07) is 10.0. The maximum Gasteiger partial charge on any atom is 0.322 e. The highest BCUT2D eigenvalue weighted by Crippen LogP contribution is 2.26. The van der Waals surface area contributed by atoms with Crippen molar-refractivity contribution in [3.05, 3.63) is 60.8 Å². The smallest absolute Gasteiger partial charge is 0.322 e. The first-order valence-corrected chi connectivity index (χ1v) is 7.00. The van der Waals surface area contributed by atoms with Crippen molar-refractivity contribution in [1.29, 1.82) is 0 Å². The number of methoxy groups -OCH3 is 1. The van der Waals surface area contributed by atoms with Gasteiger partial charge in [0.05, 0.1) is 7.11 Å². The fourth-order valence-corrected chi connectivity index (χ4v) is 2.03. The van der Waals surface area contributed by atoms with Gasteiger partial charge in [-0.05, 0) is 48.9 Å². The summed E-state index contributed by atoms with van der Waals surface area (Å²) in [6.45, 7) is 4.29. The molecular formula is C17H18FN2O3. The second kappa shape index (κ2) is 7.49. The summed E-state index contributed by atoms with van der Waals surface area (Å²) in [6.07, 6.45) is 0. The quantitative estimate of drug-likeness (QED) is 0.888. The van der Waals surface area contributed by atoms with E-state index >= 15 is 0 Å². The van der Waals surface area contributed by atoms with Crippen molar-refractivity contribution in [1.82, 2.24) is 4.90 Å².